The molecule has 2 rings (SSSR count). The Balaban J connectivity index is 1.78. The summed E-state index contributed by atoms with van der Waals surface area (Å²) >= 11 is 1.18. The molecule has 35 heavy (non-hydrogen) atoms. The Labute approximate surface area is 216 Å². The van der Waals surface area contributed by atoms with E-state index in [-0.39, 0.29) is 16.1 Å². The lowest BCUT2D eigenvalue weighted by molar-refractivity contribution is -0.117. The normalized spacial score (nSPS) is 18.8. The molecule has 1 heterocycles. The number of thioether (sulfide) groups is 1. The van der Waals surface area contributed by atoms with Crippen molar-refractivity contribution in [1.29, 1.82) is 0 Å². The summed E-state index contributed by atoms with van der Waals surface area (Å²) in [6.45, 7) is 14.5. The molecule has 0 spiro atoms. The lowest BCUT2D eigenvalue weighted by atomic mass is 10.0. The minimum absolute atomic E-state index is 0.0819. The number of benzene rings is 1. The van der Waals surface area contributed by atoms with E-state index in [1.54, 1.807) is 18.1 Å². The number of hydrogen-bond donors (Lipinski definition) is 1. The molecule has 1 amide bonds. The first-order valence-electron chi connectivity index (χ1n) is 12.4. The number of carbonyl (C=O) groups is 2. The lowest BCUT2D eigenvalue weighted by Gasteiger charge is -2.37. The topological polar surface area (TPSA) is 76.1 Å². The molecule has 196 valence electrons. The van der Waals surface area contributed by atoms with Crippen LogP contribution >= 0.6 is 11.8 Å². The summed E-state index contributed by atoms with van der Waals surface area (Å²) < 4.78 is 11.5. The number of hydrogen-bond acceptors (Lipinski definition) is 6. The van der Waals surface area contributed by atoms with Crippen LogP contribution in [0.15, 0.2) is 36.4 Å². The number of amides is 1. The van der Waals surface area contributed by atoms with E-state index in [1.165, 1.54) is 17.8 Å². The minimum Gasteiger partial charge on any atom is -0.497 e. The van der Waals surface area contributed by atoms with Gasteiger partial charge in [-0.2, -0.15) is 0 Å². The third-order valence-corrected chi connectivity index (χ3v) is 12.5. The molecule has 8 heteroatoms. The van der Waals surface area contributed by atoms with Crippen molar-refractivity contribution in [1.82, 2.24) is 4.90 Å². The number of ketones is 1. The average molecular weight is 522 g/mol. The number of carbonyl (C=O) groups excluding carboxylic acids is 2. The standard InChI is InChI=1S/C27H43NO5SSi/c1-20(18-33-35(6,7)27(2,3)4)11-14-22(29)9-8-10-25(30)24-19-34-26(31)28(24)17-21-12-15-23(32-5)16-13-21/h8,10,12-13,15-16,20,22,24,29H,9,11,14,17-19H2,1-7H3/b10-8+/t20-,22+,24?/m0/s1. The Morgan fingerprint density at radius 2 is 1.91 bits per heavy atom. The van der Waals surface area contributed by atoms with E-state index in [2.05, 4.69) is 40.8 Å². The van der Waals surface area contributed by atoms with E-state index in [9.17, 15) is 14.7 Å². The molecule has 0 aromatic heterocycles. The van der Waals surface area contributed by atoms with Crippen molar-refractivity contribution in [3.63, 3.8) is 0 Å². The summed E-state index contributed by atoms with van der Waals surface area (Å²) in [6, 6.07) is 7.03. The van der Waals surface area contributed by atoms with E-state index in [1.807, 2.05) is 24.3 Å². The molecule has 3 atom stereocenters. The van der Waals surface area contributed by atoms with Crippen LogP contribution in [-0.4, -0.2) is 61.0 Å². The Morgan fingerprint density at radius 3 is 2.51 bits per heavy atom. The predicted octanol–water partition coefficient (Wildman–Crippen LogP) is 6.05. The minimum atomic E-state index is -1.76. The van der Waals surface area contributed by atoms with Gasteiger partial charge in [0, 0.05) is 18.9 Å². The van der Waals surface area contributed by atoms with Gasteiger partial charge in [0.25, 0.3) is 5.24 Å². The molecule has 1 saturated heterocycles. The van der Waals surface area contributed by atoms with Crippen molar-refractivity contribution in [2.24, 2.45) is 5.92 Å². The van der Waals surface area contributed by atoms with Crippen molar-refractivity contribution in [2.45, 2.75) is 83.8 Å². The molecule has 0 saturated carbocycles. The maximum atomic E-state index is 12.8. The zero-order valence-corrected chi connectivity index (χ0v) is 24.2. The fourth-order valence-corrected chi connectivity index (χ4v) is 5.62. The molecule has 0 bridgehead atoms. The first-order chi connectivity index (χ1) is 16.3. The van der Waals surface area contributed by atoms with E-state index < -0.39 is 20.5 Å². The van der Waals surface area contributed by atoms with Crippen molar-refractivity contribution in [3.8, 4) is 5.75 Å². The first-order valence-corrected chi connectivity index (χ1v) is 16.3. The van der Waals surface area contributed by atoms with Crippen LogP contribution in [-0.2, 0) is 15.8 Å². The molecular weight excluding hydrogens is 478 g/mol. The highest BCUT2D eigenvalue weighted by atomic mass is 32.2. The molecule has 6 nitrogen and oxygen atoms in total. The molecule has 1 fully saturated rings. The van der Waals surface area contributed by atoms with Gasteiger partial charge in [-0.3, -0.25) is 9.59 Å². The second-order valence-corrected chi connectivity index (χ2v) is 16.8. The fraction of sp³-hybridized carbons (Fsp3) is 0.630. The van der Waals surface area contributed by atoms with Gasteiger partial charge < -0.3 is 19.2 Å². The average Bonchev–Trinajstić information content (AvgIpc) is 3.16. The quantitative estimate of drug-likeness (QED) is 0.252. The van der Waals surface area contributed by atoms with Crippen LogP contribution in [0.3, 0.4) is 0 Å². The van der Waals surface area contributed by atoms with E-state index >= 15 is 0 Å². The summed E-state index contributed by atoms with van der Waals surface area (Å²) in [5.41, 5.74) is 0.950. The van der Waals surface area contributed by atoms with Gasteiger partial charge in [-0.15, -0.1) is 0 Å². The zero-order valence-electron chi connectivity index (χ0n) is 22.4. The fourth-order valence-electron chi connectivity index (χ4n) is 3.49. The van der Waals surface area contributed by atoms with Crippen LogP contribution < -0.4 is 4.74 Å². The predicted molar refractivity (Wildman–Crippen MR) is 146 cm³/mol. The smallest absolute Gasteiger partial charge is 0.282 e. The Bertz CT molecular complexity index is 865. The van der Waals surface area contributed by atoms with Gasteiger partial charge in [0.2, 0.25) is 0 Å². The van der Waals surface area contributed by atoms with Crippen molar-refractivity contribution in [2.75, 3.05) is 19.5 Å². The SMILES string of the molecule is COc1ccc(CN2C(=O)SCC2C(=O)/C=C/C[C@@H](O)CC[C@H](C)CO[Si](C)(C)C(C)(C)C)cc1. The molecule has 1 aliphatic rings. The highest BCUT2D eigenvalue weighted by Crippen LogP contribution is 2.37. The van der Waals surface area contributed by atoms with E-state index in [0.717, 1.165) is 24.3 Å². The zero-order chi connectivity index (χ0) is 26.2. The van der Waals surface area contributed by atoms with Gasteiger partial charge in [-0.1, -0.05) is 57.7 Å². The number of aliphatic hydroxyl groups excluding tert-OH is 1. The summed E-state index contributed by atoms with van der Waals surface area (Å²) in [4.78, 5) is 26.8. The number of rotatable bonds is 13. The third-order valence-electron chi connectivity index (χ3n) is 7.03. The van der Waals surface area contributed by atoms with Crippen LogP contribution in [0.5, 0.6) is 5.75 Å². The second kappa shape index (κ2) is 13.1. The lowest BCUT2D eigenvalue weighted by Crippen LogP contribution is -2.41. The van der Waals surface area contributed by atoms with Crippen molar-refractivity contribution < 1.29 is 23.9 Å². The molecule has 1 aromatic carbocycles. The van der Waals surface area contributed by atoms with Gasteiger partial charge >= 0.3 is 0 Å². The van der Waals surface area contributed by atoms with Gasteiger partial charge in [-0.25, -0.2) is 0 Å². The number of ether oxygens (including phenoxy) is 1. The maximum Gasteiger partial charge on any atom is 0.282 e. The van der Waals surface area contributed by atoms with Gasteiger partial charge in [0.05, 0.1) is 13.2 Å². The number of aliphatic hydroxyl groups is 1. The van der Waals surface area contributed by atoms with Crippen LogP contribution in [0.1, 0.15) is 52.5 Å². The molecule has 0 radical (unpaired) electrons. The van der Waals surface area contributed by atoms with Crippen molar-refractivity contribution in [3.05, 3.63) is 42.0 Å². The van der Waals surface area contributed by atoms with Gasteiger partial charge in [0.15, 0.2) is 14.1 Å². The molecule has 1 aromatic rings. The third kappa shape index (κ3) is 9.08. The van der Waals surface area contributed by atoms with Crippen LogP contribution in [0.4, 0.5) is 4.79 Å². The summed E-state index contributed by atoms with van der Waals surface area (Å²) in [5, 5.41) is 10.5. The van der Waals surface area contributed by atoms with Gasteiger partial charge in [-0.05, 0) is 67.1 Å². The number of methoxy groups -OCH3 is 1. The molecule has 0 aliphatic carbocycles. The Kier molecular flexibility index (Phi) is 11.1. The molecule has 1 N–H and O–H groups in total. The van der Waals surface area contributed by atoms with Crippen LogP contribution in [0.2, 0.25) is 18.1 Å². The number of nitrogens with zero attached hydrogens (tertiary/aromatic N) is 1. The second-order valence-electron chi connectivity index (χ2n) is 11.0. The van der Waals surface area contributed by atoms with Crippen molar-refractivity contribution >= 4 is 31.1 Å². The Hall–Kier alpha value is -1.61. The summed E-state index contributed by atoms with van der Waals surface area (Å²) in [5.74, 6) is 1.48. The van der Waals surface area contributed by atoms with E-state index in [0.29, 0.717) is 31.1 Å². The molecule has 1 aliphatic heterocycles. The monoisotopic (exact) mass is 521 g/mol. The molecular formula is C27H43NO5SSi. The largest absolute Gasteiger partial charge is 0.497 e. The van der Waals surface area contributed by atoms with Gasteiger partial charge in [0.1, 0.15) is 11.8 Å². The summed E-state index contributed by atoms with van der Waals surface area (Å²) in [6.07, 6.45) is 4.74. The van der Waals surface area contributed by atoms with Crippen LogP contribution in [0.25, 0.3) is 0 Å². The van der Waals surface area contributed by atoms with Crippen LogP contribution in [0, 0.1) is 5.92 Å². The Morgan fingerprint density at radius 1 is 1.26 bits per heavy atom. The maximum absolute atomic E-state index is 12.8. The highest BCUT2D eigenvalue weighted by molar-refractivity contribution is 8.13. The first kappa shape index (κ1) is 29.6. The summed E-state index contributed by atoms with van der Waals surface area (Å²) in [7, 11) is -0.147. The molecule has 1 unspecified atom stereocenters. The highest BCUT2D eigenvalue weighted by Gasteiger charge is 2.37. The van der Waals surface area contributed by atoms with E-state index in [4.69, 9.17) is 9.16 Å².